The van der Waals surface area contributed by atoms with Crippen LogP contribution in [0.5, 0.6) is 5.75 Å². The fourth-order valence-electron chi connectivity index (χ4n) is 2.87. The molecule has 0 saturated carbocycles. The summed E-state index contributed by atoms with van der Waals surface area (Å²) in [6, 6.07) is 6.17. The van der Waals surface area contributed by atoms with Crippen LogP contribution in [-0.2, 0) is 6.54 Å². The maximum atomic E-state index is 13.7. The van der Waals surface area contributed by atoms with Crippen LogP contribution in [0.2, 0.25) is 0 Å². The third-order valence-electron chi connectivity index (χ3n) is 4.34. The molecule has 3 heterocycles. The van der Waals surface area contributed by atoms with Crippen LogP contribution in [0.1, 0.15) is 43.1 Å². The first kappa shape index (κ1) is 19.6. The lowest BCUT2D eigenvalue weighted by Crippen LogP contribution is -2.35. The molecule has 2 aromatic heterocycles. The minimum Gasteiger partial charge on any atom is -0.488 e. The van der Waals surface area contributed by atoms with Crippen molar-refractivity contribution in [2.24, 2.45) is 0 Å². The number of ether oxygens (including phenoxy) is 1. The lowest BCUT2D eigenvalue weighted by Gasteiger charge is -2.20. The number of anilines is 1. The van der Waals surface area contributed by atoms with Gasteiger partial charge >= 0.3 is 0 Å². The first-order chi connectivity index (χ1) is 13.6. The molecule has 148 valence electrons. The Morgan fingerprint density at radius 2 is 2.11 bits per heavy atom. The summed E-state index contributed by atoms with van der Waals surface area (Å²) >= 11 is 0. The summed E-state index contributed by atoms with van der Waals surface area (Å²) in [6.07, 6.45) is 3.68. The van der Waals surface area contributed by atoms with E-state index in [-0.39, 0.29) is 17.8 Å². The Balaban J connectivity index is 0.00000109. The molecule has 1 aliphatic rings. The van der Waals surface area contributed by atoms with Crippen LogP contribution in [0.25, 0.3) is 5.65 Å². The fourth-order valence-corrected chi connectivity index (χ4v) is 2.87. The van der Waals surface area contributed by atoms with Gasteiger partial charge in [-0.15, -0.1) is 0 Å². The highest BCUT2D eigenvalue weighted by molar-refractivity contribution is 5.99. The third kappa shape index (κ3) is 4.05. The Labute approximate surface area is 162 Å². The topological polar surface area (TPSA) is 80.6 Å². The van der Waals surface area contributed by atoms with E-state index in [0.29, 0.717) is 47.9 Å². The number of hydrogen-bond acceptors (Lipinski definition) is 5. The number of carbonyl (C=O) groups is 1. The average Bonchev–Trinajstić information content (AvgIpc) is 3.15. The second kappa shape index (κ2) is 8.69. The third-order valence-corrected chi connectivity index (χ3v) is 4.34. The van der Waals surface area contributed by atoms with Crippen molar-refractivity contribution in [3.8, 4) is 5.75 Å². The molecule has 1 unspecified atom stereocenters. The van der Waals surface area contributed by atoms with Crippen LogP contribution < -0.4 is 15.4 Å². The summed E-state index contributed by atoms with van der Waals surface area (Å²) in [5.74, 6) is 0.559. The van der Waals surface area contributed by atoms with Crippen LogP contribution in [0.15, 0.2) is 36.7 Å². The summed E-state index contributed by atoms with van der Waals surface area (Å²) in [6.45, 7) is 6.65. The van der Waals surface area contributed by atoms with E-state index in [1.807, 2.05) is 20.8 Å². The SMILES string of the molecule is CC.CCC1CNC(=O)c2cnn3ccc(nc23)NCc2cc(F)ccc2O1. The number of carbonyl (C=O) groups excluding carboxylic acids is 1. The predicted molar refractivity (Wildman–Crippen MR) is 105 cm³/mol. The van der Waals surface area contributed by atoms with Crippen molar-refractivity contribution >= 4 is 17.4 Å². The summed E-state index contributed by atoms with van der Waals surface area (Å²) in [4.78, 5) is 17.0. The second-order valence-electron chi connectivity index (χ2n) is 6.10. The smallest absolute Gasteiger partial charge is 0.256 e. The molecular formula is C20H24FN5O2. The Morgan fingerprint density at radius 1 is 1.29 bits per heavy atom. The first-order valence-corrected chi connectivity index (χ1v) is 9.45. The molecule has 2 bridgehead atoms. The van der Waals surface area contributed by atoms with Crippen LogP contribution in [0.3, 0.4) is 0 Å². The summed E-state index contributed by atoms with van der Waals surface area (Å²) < 4.78 is 21.3. The normalized spacial score (nSPS) is 16.3. The minimum absolute atomic E-state index is 0.231. The van der Waals surface area contributed by atoms with Crippen molar-refractivity contribution in [1.29, 1.82) is 0 Å². The number of amides is 1. The van der Waals surface area contributed by atoms with Gasteiger partial charge in [-0.1, -0.05) is 20.8 Å². The van der Waals surface area contributed by atoms with Crippen molar-refractivity contribution in [2.75, 3.05) is 11.9 Å². The van der Waals surface area contributed by atoms with Gasteiger partial charge in [0.25, 0.3) is 5.91 Å². The molecule has 0 fully saturated rings. The molecule has 0 radical (unpaired) electrons. The van der Waals surface area contributed by atoms with E-state index in [1.54, 1.807) is 22.8 Å². The molecule has 7 nitrogen and oxygen atoms in total. The van der Waals surface area contributed by atoms with Crippen LogP contribution in [0, 0.1) is 5.82 Å². The summed E-state index contributed by atoms with van der Waals surface area (Å²) in [5.41, 5.74) is 1.54. The molecule has 4 rings (SSSR count). The van der Waals surface area contributed by atoms with Gasteiger partial charge in [0.05, 0.1) is 12.7 Å². The molecule has 2 N–H and O–H groups in total. The molecule has 0 saturated heterocycles. The molecule has 1 aromatic carbocycles. The highest BCUT2D eigenvalue weighted by Gasteiger charge is 2.19. The molecule has 0 aliphatic carbocycles. The number of aromatic nitrogens is 3. The van der Waals surface area contributed by atoms with E-state index < -0.39 is 0 Å². The zero-order valence-electron chi connectivity index (χ0n) is 16.2. The number of rotatable bonds is 1. The molecular weight excluding hydrogens is 361 g/mol. The van der Waals surface area contributed by atoms with Crippen molar-refractivity contribution in [2.45, 2.75) is 39.8 Å². The molecule has 1 atom stereocenters. The number of fused-ring (bicyclic) bond motifs is 2. The first-order valence-electron chi connectivity index (χ1n) is 9.45. The van der Waals surface area contributed by atoms with Gasteiger partial charge in [-0.2, -0.15) is 5.10 Å². The maximum Gasteiger partial charge on any atom is 0.256 e. The molecule has 1 amide bonds. The van der Waals surface area contributed by atoms with Gasteiger partial charge < -0.3 is 15.4 Å². The highest BCUT2D eigenvalue weighted by Crippen LogP contribution is 2.23. The largest absolute Gasteiger partial charge is 0.488 e. The number of halogens is 1. The number of hydrogen-bond donors (Lipinski definition) is 2. The van der Waals surface area contributed by atoms with Crippen LogP contribution in [-0.4, -0.2) is 33.2 Å². The standard InChI is InChI=1S/C18H18FN5O2.C2H6/c1-2-13-9-21-18(25)14-10-22-24-6-5-16(23-17(14)24)20-8-11-7-12(19)3-4-15(11)26-13;1-2/h3-7,10,13H,2,8-9H2,1H3,(H,20,23)(H,21,25);1-2H3. The van der Waals surface area contributed by atoms with Crippen molar-refractivity contribution in [3.05, 3.63) is 53.6 Å². The van der Waals surface area contributed by atoms with Gasteiger partial charge in [-0.05, 0) is 30.7 Å². The van der Waals surface area contributed by atoms with E-state index in [9.17, 15) is 9.18 Å². The fraction of sp³-hybridized carbons (Fsp3) is 0.350. The Kier molecular flexibility index (Phi) is 6.08. The van der Waals surface area contributed by atoms with E-state index >= 15 is 0 Å². The molecule has 1 aliphatic heterocycles. The average molecular weight is 385 g/mol. The second-order valence-corrected chi connectivity index (χ2v) is 6.10. The van der Waals surface area contributed by atoms with E-state index in [0.717, 1.165) is 0 Å². The Hall–Kier alpha value is -3.16. The molecule has 8 heteroatoms. The number of benzene rings is 1. The Morgan fingerprint density at radius 3 is 2.89 bits per heavy atom. The maximum absolute atomic E-state index is 13.7. The zero-order valence-corrected chi connectivity index (χ0v) is 16.2. The molecule has 28 heavy (non-hydrogen) atoms. The molecule has 0 spiro atoms. The van der Waals surface area contributed by atoms with E-state index in [1.165, 1.54) is 18.3 Å². The highest BCUT2D eigenvalue weighted by atomic mass is 19.1. The number of nitrogens with zero attached hydrogens (tertiary/aromatic N) is 3. The zero-order chi connectivity index (χ0) is 20.1. The minimum atomic E-state index is -0.332. The number of nitrogens with one attached hydrogen (secondary N) is 2. The lowest BCUT2D eigenvalue weighted by atomic mass is 10.1. The van der Waals surface area contributed by atoms with Gasteiger partial charge in [0.2, 0.25) is 0 Å². The van der Waals surface area contributed by atoms with Crippen molar-refractivity contribution in [3.63, 3.8) is 0 Å². The van der Waals surface area contributed by atoms with Gasteiger partial charge in [-0.3, -0.25) is 4.79 Å². The van der Waals surface area contributed by atoms with Gasteiger partial charge in [0.1, 0.15) is 29.1 Å². The van der Waals surface area contributed by atoms with Gasteiger partial charge in [-0.25, -0.2) is 13.9 Å². The van der Waals surface area contributed by atoms with Gasteiger partial charge in [0.15, 0.2) is 5.65 Å². The predicted octanol–water partition coefficient (Wildman–Crippen LogP) is 3.41. The quantitative estimate of drug-likeness (QED) is 0.671. The van der Waals surface area contributed by atoms with Crippen molar-refractivity contribution in [1.82, 2.24) is 19.9 Å². The molecule has 3 aromatic rings. The van der Waals surface area contributed by atoms with Crippen LogP contribution in [0.4, 0.5) is 10.2 Å². The van der Waals surface area contributed by atoms with Gasteiger partial charge in [0, 0.05) is 18.3 Å². The Bertz CT molecular complexity index is 972. The van der Waals surface area contributed by atoms with E-state index in [4.69, 9.17) is 4.74 Å². The monoisotopic (exact) mass is 385 g/mol. The van der Waals surface area contributed by atoms with E-state index in [2.05, 4.69) is 20.7 Å². The lowest BCUT2D eigenvalue weighted by molar-refractivity contribution is 0.0927. The summed E-state index contributed by atoms with van der Waals surface area (Å²) in [5, 5.41) is 10.2. The van der Waals surface area contributed by atoms with Crippen molar-refractivity contribution < 1.29 is 13.9 Å². The van der Waals surface area contributed by atoms with Crippen LogP contribution >= 0.6 is 0 Å². The summed E-state index contributed by atoms with van der Waals surface area (Å²) in [7, 11) is 0.